The van der Waals surface area contributed by atoms with E-state index in [0.29, 0.717) is 17.0 Å². The molecule has 0 spiro atoms. The third-order valence-corrected chi connectivity index (χ3v) is 3.76. The van der Waals surface area contributed by atoms with Gasteiger partial charge in [-0.2, -0.15) is 0 Å². The van der Waals surface area contributed by atoms with Crippen molar-refractivity contribution in [2.75, 3.05) is 0 Å². The molecule has 1 heterocycles. The summed E-state index contributed by atoms with van der Waals surface area (Å²) in [4.78, 5) is 4.13. The van der Waals surface area contributed by atoms with Gasteiger partial charge in [0.15, 0.2) is 5.84 Å². The van der Waals surface area contributed by atoms with Gasteiger partial charge in [0.1, 0.15) is 11.4 Å². The quantitative estimate of drug-likeness (QED) is 0.385. The number of nitrogens with two attached hydrogens (primary N) is 1. The van der Waals surface area contributed by atoms with Crippen molar-refractivity contribution in [2.24, 2.45) is 22.2 Å². The summed E-state index contributed by atoms with van der Waals surface area (Å²) in [5, 5.41) is 11.5. The van der Waals surface area contributed by atoms with E-state index in [0.717, 1.165) is 18.6 Å². The number of amidine groups is 1. The third-order valence-electron chi connectivity index (χ3n) is 3.76. The van der Waals surface area contributed by atoms with E-state index in [2.05, 4.69) is 30.9 Å². The minimum absolute atomic E-state index is 0.00368. The Balaban J connectivity index is 2.03. The van der Waals surface area contributed by atoms with Crippen molar-refractivity contribution < 1.29 is 9.94 Å². The maximum atomic E-state index is 8.60. The molecule has 1 aliphatic carbocycles. The van der Waals surface area contributed by atoms with Crippen LogP contribution in [0.2, 0.25) is 0 Å². The van der Waals surface area contributed by atoms with Gasteiger partial charge in [-0.1, -0.05) is 25.9 Å². The first kappa shape index (κ1) is 14.6. The lowest BCUT2D eigenvalue weighted by Gasteiger charge is -2.38. The number of pyridine rings is 1. The average molecular weight is 277 g/mol. The predicted octanol–water partition coefficient (Wildman–Crippen LogP) is 2.77. The van der Waals surface area contributed by atoms with Crippen molar-refractivity contribution in [3.8, 4) is 5.75 Å². The molecule has 0 bridgehead atoms. The maximum absolute atomic E-state index is 8.60. The molecule has 110 valence electrons. The zero-order valence-electron chi connectivity index (χ0n) is 12.3. The van der Waals surface area contributed by atoms with Gasteiger partial charge in [0.05, 0.1) is 12.3 Å². The lowest BCUT2D eigenvalue weighted by Crippen LogP contribution is -2.34. The first-order valence-electron chi connectivity index (χ1n) is 7.00. The number of nitrogens with zero attached hydrogens (tertiary/aromatic N) is 2. The summed E-state index contributed by atoms with van der Waals surface area (Å²) in [6, 6.07) is 3.51. The van der Waals surface area contributed by atoms with Crippen LogP contribution in [0, 0.1) is 11.3 Å². The topological polar surface area (TPSA) is 80.7 Å². The van der Waals surface area contributed by atoms with Crippen LogP contribution in [0.25, 0.3) is 0 Å². The summed E-state index contributed by atoms with van der Waals surface area (Å²) in [5.74, 6) is 1.41. The van der Waals surface area contributed by atoms with Crippen LogP contribution in [-0.2, 0) is 0 Å². The highest BCUT2D eigenvalue weighted by Crippen LogP contribution is 2.39. The van der Waals surface area contributed by atoms with Gasteiger partial charge in [-0.3, -0.25) is 0 Å². The summed E-state index contributed by atoms with van der Waals surface area (Å²) in [6.07, 6.45) is 5.23. The molecule has 5 heteroatoms. The SMILES string of the molecule is CC1CC(Oc2ccc(/C(N)=N/O)nc2)CC(C)(C)C1. The van der Waals surface area contributed by atoms with Crippen molar-refractivity contribution in [1.29, 1.82) is 0 Å². The van der Waals surface area contributed by atoms with Crippen LogP contribution in [0.1, 0.15) is 45.7 Å². The Hall–Kier alpha value is -1.78. The van der Waals surface area contributed by atoms with Crippen molar-refractivity contribution in [1.82, 2.24) is 4.98 Å². The van der Waals surface area contributed by atoms with Gasteiger partial charge in [0.2, 0.25) is 0 Å². The number of ether oxygens (including phenoxy) is 1. The molecule has 3 N–H and O–H groups in total. The molecule has 0 saturated heterocycles. The van der Waals surface area contributed by atoms with Gasteiger partial charge in [-0.25, -0.2) is 4.98 Å². The Kier molecular flexibility index (Phi) is 4.16. The molecule has 1 aliphatic rings. The van der Waals surface area contributed by atoms with Crippen LogP contribution < -0.4 is 10.5 Å². The van der Waals surface area contributed by atoms with Gasteiger partial charge < -0.3 is 15.7 Å². The highest BCUT2D eigenvalue weighted by atomic mass is 16.5. The Morgan fingerprint density at radius 1 is 1.45 bits per heavy atom. The molecule has 20 heavy (non-hydrogen) atoms. The van der Waals surface area contributed by atoms with Gasteiger partial charge >= 0.3 is 0 Å². The molecule has 5 nitrogen and oxygen atoms in total. The van der Waals surface area contributed by atoms with Gasteiger partial charge in [0.25, 0.3) is 0 Å². The van der Waals surface area contributed by atoms with Crippen molar-refractivity contribution in [3.63, 3.8) is 0 Å². The van der Waals surface area contributed by atoms with Crippen LogP contribution in [-0.4, -0.2) is 22.1 Å². The summed E-state index contributed by atoms with van der Waals surface area (Å²) >= 11 is 0. The van der Waals surface area contributed by atoms with E-state index in [1.807, 2.05) is 6.07 Å². The molecule has 2 atom stereocenters. The monoisotopic (exact) mass is 277 g/mol. The molecule has 1 aromatic rings. The van der Waals surface area contributed by atoms with E-state index in [-0.39, 0.29) is 11.9 Å². The van der Waals surface area contributed by atoms with Crippen LogP contribution in [0.5, 0.6) is 5.75 Å². The number of hydrogen-bond acceptors (Lipinski definition) is 4. The Bertz CT molecular complexity index is 482. The summed E-state index contributed by atoms with van der Waals surface area (Å²) in [7, 11) is 0. The van der Waals surface area contributed by atoms with Crippen molar-refractivity contribution in [2.45, 2.75) is 46.1 Å². The van der Waals surface area contributed by atoms with Gasteiger partial charge in [0, 0.05) is 0 Å². The van der Waals surface area contributed by atoms with E-state index in [4.69, 9.17) is 15.7 Å². The molecular weight excluding hydrogens is 254 g/mol. The highest BCUT2D eigenvalue weighted by Gasteiger charge is 2.33. The van der Waals surface area contributed by atoms with Crippen LogP contribution in [0.15, 0.2) is 23.5 Å². The molecule has 0 radical (unpaired) electrons. The van der Waals surface area contributed by atoms with E-state index in [1.54, 1.807) is 12.3 Å². The first-order chi connectivity index (χ1) is 9.39. The van der Waals surface area contributed by atoms with Crippen LogP contribution in [0.4, 0.5) is 0 Å². The number of rotatable bonds is 3. The standard InChI is InChI=1S/C15H23N3O2/c1-10-6-12(8-15(2,3)7-10)20-11-4-5-13(17-9-11)14(16)18-19/h4-5,9-10,12,19H,6-8H2,1-3H3,(H2,16,18). The molecule has 0 amide bonds. The van der Waals surface area contributed by atoms with Gasteiger partial charge in [-0.15, -0.1) is 0 Å². The van der Waals surface area contributed by atoms with Crippen LogP contribution in [0.3, 0.4) is 0 Å². The average Bonchev–Trinajstić information content (AvgIpc) is 2.36. The maximum Gasteiger partial charge on any atom is 0.188 e. The fourth-order valence-corrected chi connectivity index (χ4v) is 3.19. The highest BCUT2D eigenvalue weighted by molar-refractivity contribution is 5.95. The van der Waals surface area contributed by atoms with E-state index < -0.39 is 0 Å². The molecule has 1 fully saturated rings. The number of hydrogen-bond donors (Lipinski definition) is 2. The molecule has 2 rings (SSSR count). The minimum atomic E-state index is 0.00368. The number of aromatic nitrogens is 1. The molecular formula is C15H23N3O2. The van der Waals surface area contributed by atoms with E-state index >= 15 is 0 Å². The molecule has 1 aromatic heterocycles. The lowest BCUT2D eigenvalue weighted by atomic mass is 9.71. The van der Waals surface area contributed by atoms with E-state index in [1.165, 1.54) is 6.42 Å². The minimum Gasteiger partial charge on any atom is -0.489 e. The summed E-state index contributed by atoms with van der Waals surface area (Å²) < 4.78 is 6.02. The predicted molar refractivity (Wildman–Crippen MR) is 78.0 cm³/mol. The second kappa shape index (κ2) is 5.69. The second-order valence-corrected chi connectivity index (χ2v) is 6.52. The normalized spacial score (nSPS) is 26.2. The van der Waals surface area contributed by atoms with E-state index in [9.17, 15) is 0 Å². The Labute approximate surface area is 119 Å². The lowest BCUT2D eigenvalue weighted by molar-refractivity contribution is 0.0560. The second-order valence-electron chi connectivity index (χ2n) is 6.52. The fraction of sp³-hybridized carbons (Fsp3) is 0.600. The smallest absolute Gasteiger partial charge is 0.188 e. The molecule has 0 aliphatic heterocycles. The molecule has 0 aromatic carbocycles. The Morgan fingerprint density at radius 2 is 2.20 bits per heavy atom. The zero-order chi connectivity index (χ0) is 14.8. The van der Waals surface area contributed by atoms with Crippen molar-refractivity contribution >= 4 is 5.84 Å². The third kappa shape index (κ3) is 3.62. The van der Waals surface area contributed by atoms with Gasteiger partial charge in [-0.05, 0) is 42.7 Å². The summed E-state index contributed by atoms with van der Waals surface area (Å²) in [6.45, 7) is 6.86. The summed E-state index contributed by atoms with van der Waals surface area (Å²) in [5.41, 5.74) is 6.24. The molecule has 2 unspecified atom stereocenters. The molecule has 1 saturated carbocycles. The zero-order valence-corrected chi connectivity index (χ0v) is 12.3. The van der Waals surface area contributed by atoms with Crippen LogP contribution >= 0.6 is 0 Å². The fourth-order valence-electron chi connectivity index (χ4n) is 3.19. The largest absolute Gasteiger partial charge is 0.489 e. The Morgan fingerprint density at radius 3 is 2.75 bits per heavy atom. The first-order valence-corrected chi connectivity index (χ1v) is 7.00. The number of oxime groups is 1. The van der Waals surface area contributed by atoms with Crippen molar-refractivity contribution in [3.05, 3.63) is 24.0 Å².